The van der Waals surface area contributed by atoms with Gasteiger partial charge in [-0.2, -0.15) is 0 Å². The van der Waals surface area contributed by atoms with Crippen LogP contribution in [0.3, 0.4) is 0 Å². The Labute approximate surface area is 302 Å². The highest BCUT2D eigenvalue weighted by Gasteiger charge is 2.25. The molecule has 0 unspecified atom stereocenters. The van der Waals surface area contributed by atoms with E-state index >= 15 is 0 Å². The van der Waals surface area contributed by atoms with Crippen molar-refractivity contribution in [3.05, 3.63) is 182 Å². The van der Waals surface area contributed by atoms with Crippen molar-refractivity contribution in [3.8, 4) is 44.7 Å². The van der Waals surface area contributed by atoms with Crippen LogP contribution in [0.25, 0.3) is 98.8 Å². The molecule has 0 amide bonds. The van der Waals surface area contributed by atoms with Crippen LogP contribution in [0.15, 0.2) is 186 Å². The standard InChI is InChI=1S/C48H30O/c1-3-14-31(15-4-1)35-28-29-43-42(30-35)47(48(49-43)41-25-13-19-34-27-26-32-16-7-8-20-36(32)44(34)41)46-39-23-11-9-21-37(39)45(33-17-5-2-6-18-33)38-22-10-12-24-40(38)46/h1-30H/i2D,5D,6D,9D,10D,11D,12D,17D,18D,21D,22D,23D,24D. The number of rotatable bonds is 4. The normalized spacial score (nSPS) is 15.4. The molecule has 0 aliphatic rings. The summed E-state index contributed by atoms with van der Waals surface area (Å²) in [5, 5.41) is 3.04. The van der Waals surface area contributed by atoms with Crippen LogP contribution >= 0.6 is 0 Å². The third-order valence-electron chi connectivity index (χ3n) is 9.18. The van der Waals surface area contributed by atoms with E-state index in [4.69, 9.17) is 16.8 Å². The van der Waals surface area contributed by atoms with E-state index in [1.807, 2.05) is 97.1 Å². The van der Waals surface area contributed by atoms with Gasteiger partial charge in [0.2, 0.25) is 0 Å². The summed E-state index contributed by atoms with van der Waals surface area (Å²) < 4.78 is 125. The van der Waals surface area contributed by atoms with E-state index in [2.05, 4.69) is 0 Å². The molecule has 0 bridgehead atoms. The second kappa shape index (κ2) is 11.1. The summed E-state index contributed by atoms with van der Waals surface area (Å²) in [6.07, 6.45) is 0. The van der Waals surface area contributed by atoms with Gasteiger partial charge in [0.05, 0.1) is 17.8 Å². The maximum absolute atomic E-state index is 9.64. The molecule has 0 spiro atoms. The molecular formula is C48H30O. The van der Waals surface area contributed by atoms with Gasteiger partial charge in [-0.3, -0.25) is 0 Å². The van der Waals surface area contributed by atoms with Gasteiger partial charge in [-0.05, 0) is 72.1 Å². The molecule has 0 saturated carbocycles. The van der Waals surface area contributed by atoms with Crippen LogP contribution < -0.4 is 0 Å². The Balaban J connectivity index is 1.54. The summed E-state index contributed by atoms with van der Waals surface area (Å²) in [6.45, 7) is 0. The highest BCUT2D eigenvalue weighted by Crippen LogP contribution is 2.51. The highest BCUT2D eigenvalue weighted by atomic mass is 16.3. The maximum atomic E-state index is 9.64. The molecule has 0 fully saturated rings. The molecule has 10 rings (SSSR count). The van der Waals surface area contributed by atoms with Gasteiger partial charge >= 0.3 is 0 Å². The minimum Gasteiger partial charge on any atom is -0.455 e. The van der Waals surface area contributed by atoms with E-state index in [1.165, 1.54) is 0 Å². The van der Waals surface area contributed by atoms with Gasteiger partial charge < -0.3 is 4.42 Å². The first-order valence-corrected chi connectivity index (χ1v) is 15.8. The number of furan rings is 1. The van der Waals surface area contributed by atoms with Gasteiger partial charge in [-0.1, -0.05) is 170 Å². The fourth-order valence-electron chi connectivity index (χ4n) is 7.09. The summed E-state index contributed by atoms with van der Waals surface area (Å²) in [4.78, 5) is 0. The Morgan fingerprint density at radius 3 is 1.78 bits per heavy atom. The first kappa shape index (κ1) is 17.6. The third kappa shape index (κ3) is 4.33. The summed E-state index contributed by atoms with van der Waals surface area (Å²) in [5.41, 5.74) is 2.06. The summed E-state index contributed by atoms with van der Waals surface area (Å²) in [7, 11) is 0. The lowest BCUT2D eigenvalue weighted by Crippen LogP contribution is -1.92. The van der Waals surface area contributed by atoms with Crippen molar-refractivity contribution in [3.63, 3.8) is 0 Å². The predicted octanol–water partition coefficient (Wildman–Crippen LogP) is 13.7. The van der Waals surface area contributed by atoms with Gasteiger partial charge in [0, 0.05) is 27.5 Å². The highest BCUT2D eigenvalue weighted by molar-refractivity contribution is 6.26. The van der Waals surface area contributed by atoms with Crippen molar-refractivity contribution in [2.45, 2.75) is 0 Å². The molecule has 49 heavy (non-hydrogen) atoms. The molecule has 0 radical (unpaired) electrons. The molecule has 0 aliphatic heterocycles. The van der Waals surface area contributed by atoms with Crippen LogP contribution in [0.5, 0.6) is 0 Å². The molecule has 0 aliphatic carbocycles. The van der Waals surface area contributed by atoms with Gasteiger partial charge in [0.25, 0.3) is 0 Å². The van der Waals surface area contributed by atoms with Crippen LogP contribution in [-0.2, 0) is 0 Å². The Morgan fingerprint density at radius 2 is 1.02 bits per heavy atom. The molecule has 0 saturated heterocycles. The lowest BCUT2D eigenvalue weighted by atomic mass is 9.84. The van der Waals surface area contributed by atoms with Gasteiger partial charge in [0.1, 0.15) is 11.3 Å². The van der Waals surface area contributed by atoms with Gasteiger partial charge in [-0.25, -0.2) is 0 Å². The Kier molecular flexibility index (Phi) is 3.99. The molecule has 10 aromatic rings. The average molecular weight is 636 g/mol. The van der Waals surface area contributed by atoms with E-state index in [9.17, 15) is 5.48 Å². The smallest absolute Gasteiger partial charge is 0.143 e. The Bertz CT molecular complexity index is 3510. The minimum absolute atomic E-state index is 0.00122. The van der Waals surface area contributed by atoms with Crippen molar-refractivity contribution < 1.29 is 22.2 Å². The van der Waals surface area contributed by atoms with Crippen LogP contribution in [0.2, 0.25) is 0 Å². The van der Waals surface area contributed by atoms with E-state index in [1.54, 1.807) is 6.07 Å². The quantitative estimate of drug-likeness (QED) is 0.139. The maximum Gasteiger partial charge on any atom is 0.143 e. The van der Waals surface area contributed by atoms with Gasteiger partial charge in [-0.15, -0.1) is 0 Å². The Hall–Kier alpha value is -6.44. The monoisotopic (exact) mass is 635 g/mol. The first-order chi connectivity index (χ1) is 29.7. The lowest BCUT2D eigenvalue weighted by Gasteiger charge is -2.18. The van der Waals surface area contributed by atoms with Crippen LogP contribution in [0, 0.1) is 0 Å². The molecule has 0 N–H and O–H groups in total. The number of hydrogen-bond acceptors (Lipinski definition) is 1. The molecule has 0 atom stereocenters. The molecule has 1 aromatic heterocycles. The summed E-state index contributed by atoms with van der Waals surface area (Å²) in [6, 6.07) is 24.0. The SMILES string of the molecule is [2H]c1c([2H])c([2H])c(-c2c3c([2H])c([2H])c([2H])c([2H])c3c(-c3c(-c4cccc5ccc6ccccc6c45)oc4ccc(-c5ccccc5)cc34)c3c([2H])c([2H])c([2H])c([2H])c23)c([2H])c1[2H]. The average Bonchev–Trinajstić information content (AvgIpc) is 3.67. The van der Waals surface area contributed by atoms with Crippen molar-refractivity contribution in [2.24, 2.45) is 0 Å². The van der Waals surface area contributed by atoms with Crippen LogP contribution in [0.1, 0.15) is 17.8 Å². The number of benzene rings is 9. The zero-order valence-corrected chi connectivity index (χ0v) is 25.7. The fraction of sp³-hybridized carbons (Fsp3) is 0. The molecule has 1 heteroatoms. The van der Waals surface area contributed by atoms with E-state index in [0.29, 0.717) is 16.5 Å². The zero-order valence-electron chi connectivity index (χ0n) is 38.7. The zero-order chi connectivity index (χ0) is 43.6. The second-order valence-electron chi connectivity index (χ2n) is 11.8. The van der Waals surface area contributed by atoms with Gasteiger partial charge in [0.15, 0.2) is 0 Å². The molecule has 9 aromatic carbocycles. The second-order valence-corrected chi connectivity index (χ2v) is 11.8. The van der Waals surface area contributed by atoms with Crippen molar-refractivity contribution in [1.29, 1.82) is 0 Å². The van der Waals surface area contributed by atoms with E-state index < -0.39 is 84.1 Å². The third-order valence-corrected chi connectivity index (χ3v) is 9.18. The van der Waals surface area contributed by atoms with E-state index in [-0.39, 0.29) is 44.0 Å². The number of fused-ring (bicyclic) bond motifs is 6. The molecule has 1 heterocycles. The molecule has 1 nitrogen and oxygen atoms in total. The van der Waals surface area contributed by atoms with Crippen molar-refractivity contribution in [2.75, 3.05) is 0 Å². The largest absolute Gasteiger partial charge is 0.455 e. The topological polar surface area (TPSA) is 13.1 Å². The minimum atomic E-state index is -0.729. The lowest BCUT2D eigenvalue weighted by molar-refractivity contribution is 0.633. The number of hydrogen-bond donors (Lipinski definition) is 0. The molecule has 228 valence electrons. The molecular weight excluding hydrogens is 593 g/mol. The van der Waals surface area contributed by atoms with E-state index in [0.717, 1.165) is 32.7 Å². The fourth-order valence-corrected chi connectivity index (χ4v) is 7.09. The first-order valence-electron chi connectivity index (χ1n) is 22.3. The van der Waals surface area contributed by atoms with Crippen LogP contribution in [-0.4, -0.2) is 0 Å². The Morgan fingerprint density at radius 1 is 0.388 bits per heavy atom. The predicted molar refractivity (Wildman–Crippen MR) is 208 cm³/mol. The summed E-state index contributed by atoms with van der Waals surface area (Å²) >= 11 is 0. The summed E-state index contributed by atoms with van der Waals surface area (Å²) in [5.74, 6) is 0.255. The van der Waals surface area contributed by atoms with Crippen molar-refractivity contribution >= 4 is 54.1 Å². The van der Waals surface area contributed by atoms with Crippen LogP contribution in [0.4, 0.5) is 0 Å². The van der Waals surface area contributed by atoms with Crippen molar-refractivity contribution in [1.82, 2.24) is 0 Å².